The fraction of sp³-hybridized carbons (Fsp3) is 0.529. The van der Waals surface area contributed by atoms with Gasteiger partial charge in [0.1, 0.15) is 5.82 Å². The Morgan fingerprint density at radius 3 is 2.46 bits per heavy atom. The molecule has 1 aliphatic heterocycles. The zero-order valence-electron chi connectivity index (χ0n) is 14.0. The molecule has 0 bridgehead atoms. The van der Waals surface area contributed by atoms with Crippen molar-refractivity contribution in [3.8, 4) is 0 Å². The summed E-state index contributed by atoms with van der Waals surface area (Å²) in [6, 6.07) is 5.98. The summed E-state index contributed by atoms with van der Waals surface area (Å²) in [5, 5.41) is 5.93. The molecule has 7 heteroatoms. The Hall–Kier alpha value is -1.66. The van der Waals surface area contributed by atoms with Crippen molar-refractivity contribution in [3.63, 3.8) is 0 Å². The highest BCUT2D eigenvalue weighted by Gasteiger charge is 2.31. The second-order valence-electron chi connectivity index (χ2n) is 5.96. The summed E-state index contributed by atoms with van der Waals surface area (Å²) < 4.78 is 12.8. The molecule has 24 heavy (non-hydrogen) atoms. The van der Waals surface area contributed by atoms with E-state index >= 15 is 0 Å². The summed E-state index contributed by atoms with van der Waals surface area (Å²) in [7, 11) is 0. The van der Waals surface area contributed by atoms with Gasteiger partial charge < -0.3 is 15.5 Å². The molecule has 0 aliphatic carbocycles. The third kappa shape index (κ3) is 5.46. The summed E-state index contributed by atoms with van der Waals surface area (Å²) in [6.07, 6.45) is 0. The number of benzene rings is 1. The highest BCUT2D eigenvalue weighted by Crippen LogP contribution is 2.18. The molecule has 1 fully saturated rings. The van der Waals surface area contributed by atoms with Gasteiger partial charge in [0.15, 0.2) is 0 Å². The lowest BCUT2D eigenvalue weighted by Crippen LogP contribution is -2.51. The van der Waals surface area contributed by atoms with Crippen LogP contribution in [0.3, 0.4) is 0 Å². The van der Waals surface area contributed by atoms with Gasteiger partial charge in [-0.25, -0.2) is 4.39 Å². The zero-order valence-corrected chi connectivity index (χ0v) is 14.9. The van der Waals surface area contributed by atoms with Crippen LogP contribution in [0.4, 0.5) is 4.39 Å². The smallest absolute Gasteiger partial charge is 0.239 e. The fourth-order valence-electron chi connectivity index (χ4n) is 2.53. The van der Waals surface area contributed by atoms with Crippen molar-refractivity contribution < 1.29 is 14.0 Å². The number of carbonyl (C=O) groups excluding carboxylic acids is 2. The highest BCUT2D eigenvalue weighted by atomic mass is 35.5. The van der Waals surface area contributed by atoms with Crippen LogP contribution in [0.15, 0.2) is 24.3 Å². The molecule has 5 nitrogen and oxygen atoms in total. The first-order valence-corrected chi connectivity index (χ1v) is 8.02. The van der Waals surface area contributed by atoms with Gasteiger partial charge in [0.2, 0.25) is 11.8 Å². The van der Waals surface area contributed by atoms with Gasteiger partial charge in [0.25, 0.3) is 0 Å². The Labute approximate surface area is 148 Å². The molecule has 2 rings (SSSR count). The first-order valence-electron chi connectivity index (χ1n) is 8.02. The van der Waals surface area contributed by atoms with E-state index in [0.717, 1.165) is 18.7 Å². The molecule has 1 aromatic rings. The summed E-state index contributed by atoms with van der Waals surface area (Å²) >= 11 is 0. The fourth-order valence-corrected chi connectivity index (χ4v) is 2.53. The second-order valence-corrected chi connectivity index (χ2v) is 5.96. The molecule has 1 saturated heterocycles. The van der Waals surface area contributed by atoms with Gasteiger partial charge in [-0.05, 0) is 43.6 Å². The van der Waals surface area contributed by atoms with Crippen LogP contribution in [-0.4, -0.2) is 42.9 Å². The van der Waals surface area contributed by atoms with Gasteiger partial charge in [0.05, 0.1) is 6.54 Å². The maximum atomic E-state index is 12.8. The Kier molecular flexibility index (Phi) is 8.15. The zero-order chi connectivity index (χ0) is 16.8. The lowest BCUT2D eigenvalue weighted by Gasteiger charge is -2.34. The molecule has 0 aromatic heterocycles. The SMILES string of the molecule is CCN(CC(=O)NCc1ccc(F)cc1)C(=O)C(C)C1CNC1.Cl. The van der Waals surface area contributed by atoms with Gasteiger partial charge in [-0.2, -0.15) is 0 Å². The first kappa shape index (κ1) is 20.4. The number of nitrogens with zero attached hydrogens (tertiary/aromatic N) is 1. The van der Waals surface area contributed by atoms with Crippen molar-refractivity contribution in [2.45, 2.75) is 20.4 Å². The molecule has 2 amide bonds. The molecule has 1 aromatic carbocycles. The maximum absolute atomic E-state index is 12.8. The van der Waals surface area contributed by atoms with Crippen LogP contribution in [0.5, 0.6) is 0 Å². The molecule has 1 heterocycles. The van der Waals surface area contributed by atoms with E-state index in [1.54, 1.807) is 17.0 Å². The number of likely N-dealkylation sites (N-methyl/N-ethyl adjacent to an activating group) is 1. The van der Waals surface area contributed by atoms with Gasteiger partial charge in [-0.3, -0.25) is 9.59 Å². The molecule has 1 unspecified atom stereocenters. The van der Waals surface area contributed by atoms with Crippen LogP contribution in [0.2, 0.25) is 0 Å². The van der Waals surface area contributed by atoms with E-state index in [-0.39, 0.29) is 42.5 Å². The summed E-state index contributed by atoms with van der Waals surface area (Å²) in [4.78, 5) is 26.1. The minimum Gasteiger partial charge on any atom is -0.350 e. The molecular formula is C17H25ClFN3O2. The van der Waals surface area contributed by atoms with Crippen molar-refractivity contribution in [1.82, 2.24) is 15.5 Å². The number of hydrogen-bond donors (Lipinski definition) is 2. The minimum atomic E-state index is -0.303. The van der Waals surface area contributed by atoms with Crippen molar-refractivity contribution in [2.24, 2.45) is 11.8 Å². The number of amides is 2. The molecule has 0 spiro atoms. The van der Waals surface area contributed by atoms with Gasteiger partial charge >= 0.3 is 0 Å². The number of halogens is 2. The predicted molar refractivity (Wildman–Crippen MR) is 93.3 cm³/mol. The molecule has 1 atom stereocenters. The first-order chi connectivity index (χ1) is 11.0. The summed E-state index contributed by atoms with van der Waals surface area (Å²) in [5.41, 5.74) is 0.822. The lowest BCUT2D eigenvalue weighted by molar-refractivity contribution is -0.140. The van der Waals surface area contributed by atoms with Crippen LogP contribution < -0.4 is 10.6 Å². The average molecular weight is 358 g/mol. The topological polar surface area (TPSA) is 61.4 Å². The third-order valence-corrected chi connectivity index (χ3v) is 4.34. The van der Waals surface area contributed by atoms with Crippen LogP contribution in [0.25, 0.3) is 0 Å². The number of rotatable bonds is 7. The largest absolute Gasteiger partial charge is 0.350 e. The summed E-state index contributed by atoms with van der Waals surface area (Å²) in [5.74, 6) is -0.193. The quantitative estimate of drug-likeness (QED) is 0.778. The predicted octanol–water partition coefficient (Wildman–Crippen LogP) is 1.57. The van der Waals surface area contributed by atoms with Gasteiger partial charge in [-0.15, -0.1) is 12.4 Å². The van der Waals surface area contributed by atoms with Crippen LogP contribution in [0, 0.1) is 17.7 Å². The second kappa shape index (κ2) is 9.59. The van der Waals surface area contributed by atoms with Crippen molar-refractivity contribution in [2.75, 3.05) is 26.2 Å². The molecular weight excluding hydrogens is 333 g/mol. The van der Waals surface area contributed by atoms with Crippen molar-refractivity contribution in [1.29, 1.82) is 0 Å². The van der Waals surface area contributed by atoms with E-state index in [9.17, 15) is 14.0 Å². The molecule has 0 radical (unpaired) electrons. The molecule has 134 valence electrons. The van der Waals surface area contributed by atoms with E-state index in [1.165, 1.54) is 12.1 Å². The van der Waals surface area contributed by atoms with E-state index in [4.69, 9.17) is 0 Å². The Morgan fingerprint density at radius 1 is 1.33 bits per heavy atom. The number of carbonyl (C=O) groups is 2. The molecule has 2 N–H and O–H groups in total. The van der Waals surface area contributed by atoms with E-state index in [1.807, 2.05) is 13.8 Å². The van der Waals surface area contributed by atoms with Crippen molar-refractivity contribution in [3.05, 3.63) is 35.6 Å². The summed E-state index contributed by atoms with van der Waals surface area (Å²) in [6.45, 7) is 6.41. The van der Waals surface area contributed by atoms with E-state index < -0.39 is 0 Å². The molecule has 0 saturated carbocycles. The monoisotopic (exact) mass is 357 g/mol. The van der Waals surface area contributed by atoms with Crippen molar-refractivity contribution >= 4 is 24.2 Å². The highest BCUT2D eigenvalue weighted by molar-refractivity contribution is 5.86. The minimum absolute atomic E-state index is 0. The van der Waals surface area contributed by atoms with Crippen LogP contribution >= 0.6 is 12.4 Å². The number of nitrogens with one attached hydrogen (secondary N) is 2. The standard InChI is InChI=1S/C17H24FN3O2.ClH/c1-3-21(17(23)12(2)14-9-19-10-14)11-16(22)20-8-13-4-6-15(18)7-5-13;/h4-7,12,14,19H,3,8-11H2,1-2H3,(H,20,22);1H. The van der Waals surface area contributed by atoms with E-state index in [2.05, 4.69) is 10.6 Å². The maximum Gasteiger partial charge on any atom is 0.239 e. The Balaban J connectivity index is 0.00000288. The Bertz CT molecular complexity index is 549. The van der Waals surface area contributed by atoms with Gasteiger partial charge in [0, 0.05) is 19.0 Å². The number of hydrogen-bond acceptors (Lipinski definition) is 3. The molecule has 1 aliphatic rings. The van der Waals surface area contributed by atoms with Crippen LogP contribution in [0.1, 0.15) is 19.4 Å². The average Bonchev–Trinajstić information content (AvgIpc) is 2.49. The van der Waals surface area contributed by atoms with Crippen LogP contribution in [-0.2, 0) is 16.1 Å². The Morgan fingerprint density at radius 2 is 1.96 bits per heavy atom. The van der Waals surface area contributed by atoms with E-state index in [0.29, 0.717) is 19.0 Å². The lowest BCUT2D eigenvalue weighted by atomic mass is 9.88. The third-order valence-electron chi connectivity index (χ3n) is 4.34. The normalized spacial score (nSPS) is 15.0. The van der Waals surface area contributed by atoms with Gasteiger partial charge in [-0.1, -0.05) is 19.1 Å².